The smallest absolute Gasteiger partial charge is 0.337 e. The zero-order chi connectivity index (χ0) is 29.7. The van der Waals surface area contributed by atoms with Crippen molar-refractivity contribution in [2.75, 3.05) is 27.2 Å². The molecule has 0 bridgehead atoms. The average Bonchev–Trinajstić information content (AvgIpc) is 2.94. The van der Waals surface area contributed by atoms with Crippen molar-refractivity contribution in [2.45, 2.75) is 38.8 Å². The number of nitrogens with zero attached hydrogens (tertiary/aromatic N) is 4. The lowest BCUT2D eigenvalue weighted by Crippen LogP contribution is -2.57. The number of fused-ring (bicyclic) bond motifs is 1. The van der Waals surface area contributed by atoms with Crippen molar-refractivity contribution in [1.29, 1.82) is 0 Å². The Morgan fingerprint density at radius 3 is 2.32 bits per heavy atom. The molecule has 0 spiro atoms. The summed E-state index contributed by atoms with van der Waals surface area (Å²) < 4.78 is 1.40. The molecular weight excluding hydrogens is 540 g/mol. The van der Waals surface area contributed by atoms with Gasteiger partial charge in [-0.25, -0.2) is 9.78 Å². The lowest BCUT2D eigenvalue weighted by Gasteiger charge is -2.41. The zero-order valence-electron chi connectivity index (χ0n) is 23.8. The molecular formula is C32H35ClN4O4. The molecule has 0 aliphatic heterocycles. The van der Waals surface area contributed by atoms with Crippen molar-refractivity contribution >= 4 is 34.4 Å². The standard InChI is InChI=1S/C32H35ClN4O4/c1-5-32(31(40)41,37(19-11-18-35(3)4)29(39)25-15-10-9-12-22(25)2)30-34-27-20-24(33)16-17-26(27)28(38)36(30)21-23-13-7-6-8-14-23/h6-10,12-17,20H,5,11,18-19,21H2,1-4H3,(H,40,41). The predicted molar refractivity (Wildman–Crippen MR) is 162 cm³/mol. The number of benzene rings is 3. The van der Waals surface area contributed by atoms with Crippen LogP contribution in [0.3, 0.4) is 0 Å². The number of halogens is 1. The van der Waals surface area contributed by atoms with Gasteiger partial charge in [-0.3, -0.25) is 14.2 Å². The molecule has 41 heavy (non-hydrogen) atoms. The lowest BCUT2D eigenvalue weighted by molar-refractivity contribution is -0.152. The maximum atomic E-state index is 14.3. The fourth-order valence-electron chi connectivity index (χ4n) is 5.22. The molecule has 0 radical (unpaired) electrons. The number of carbonyl (C=O) groups excluding carboxylic acids is 1. The van der Waals surface area contributed by atoms with E-state index < -0.39 is 23.0 Å². The number of carboxylic acid groups (broad SMARTS) is 1. The number of rotatable bonds is 11. The van der Waals surface area contributed by atoms with Crippen molar-refractivity contribution in [3.63, 3.8) is 0 Å². The van der Waals surface area contributed by atoms with E-state index >= 15 is 0 Å². The maximum Gasteiger partial charge on any atom is 0.337 e. The van der Waals surface area contributed by atoms with Gasteiger partial charge in [0.05, 0.1) is 17.4 Å². The summed E-state index contributed by atoms with van der Waals surface area (Å²) in [4.78, 5) is 50.1. The van der Waals surface area contributed by atoms with E-state index in [1.165, 1.54) is 9.47 Å². The number of amides is 1. The molecule has 0 aliphatic carbocycles. The van der Waals surface area contributed by atoms with Crippen molar-refractivity contribution in [1.82, 2.24) is 19.4 Å². The Morgan fingerprint density at radius 2 is 1.68 bits per heavy atom. The zero-order valence-corrected chi connectivity index (χ0v) is 24.6. The van der Waals surface area contributed by atoms with Crippen LogP contribution in [0.1, 0.15) is 47.1 Å². The number of hydrogen-bond donors (Lipinski definition) is 1. The van der Waals surface area contributed by atoms with E-state index in [1.807, 2.05) is 68.4 Å². The van der Waals surface area contributed by atoms with Gasteiger partial charge in [0.25, 0.3) is 11.5 Å². The molecule has 0 aliphatic rings. The van der Waals surface area contributed by atoms with Crippen LogP contribution >= 0.6 is 11.6 Å². The van der Waals surface area contributed by atoms with E-state index in [1.54, 1.807) is 37.3 Å². The molecule has 214 valence electrons. The van der Waals surface area contributed by atoms with Crippen molar-refractivity contribution in [3.8, 4) is 0 Å². The largest absolute Gasteiger partial charge is 0.479 e. The fourth-order valence-corrected chi connectivity index (χ4v) is 5.39. The molecule has 1 aromatic heterocycles. The summed E-state index contributed by atoms with van der Waals surface area (Å²) in [5, 5.41) is 11.7. The van der Waals surface area contributed by atoms with Crippen molar-refractivity contribution < 1.29 is 14.7 Å². The molecule has 4 rings (SSSR count). The highest BCUT2D eigenvalue weighted by Crippen LogP contribution is 2.35. The Kier molecular flexibility index (Phi) is 9.25. The Labute approximate surface area is 244 Å². The topological polar surface area (TPSA) is 95.7 Å². The number of aryl methyl sites for hydroxylation is 1. The van der Waals surface area contributed by atoms with Crippen LogP contribution in [0.25, 0.3) is 10.9 Å². The van der Waals surface area contributed by atoms with Gasteiger partial charge in [0.1, 0.15) is 5.82 Å². The Balaban J connectivity index is 2.04. The first-order valence-electron chi connectivity index (χ1n) is 13.6. The number of carbonyl (C=O) groups is 2. The van der Waals surface area contributed by atoms with Crippen LogP contribution < -0.4 is 5.56 Å². The van der Waals surface area contributed by atoms with Gasteiger partial charge >= 0.3 is 5.97 Å². The van der Waals surface area contributed by atoms with Gasteiger partial charge in [-0.15, -0.1) is 0 Å². The predicted octanol–water partition coefficient (Wildman–Crippen LogP) is 5.19. The van der Waals surface area contributed by atoms with E-state index in [-0.39, 0.29) is 30.9 Å². The summed E-state index contributed by atoms with van der Waals surface area (Å²) in [5.74, 6) is -1.71. The summed E-state index contributed by atoms with van der Waals surface area (Å²) >= 11 is 6.28. The minimum absolute atomic E-state index is 0.0112. The maximum absolute atomic E-state index is 14.3. The first-order valence-corrected chi connectivity index (χ1v) is 14.0. The second-order valence-corrected chi connectivity index (χ2v) is 10.9. The summed E-state index contributed by atoms with van der Waals surface area (Å²) in [6, 6.07) is 21.2. The van der Waals surface area contributed by atoms with Gasteiger partial charge in [0, 0.05) is 17.1 Å². The molecule has 4 aromatic rings. The molecule has 1 amide bonds. The summed E-state index contributed by atoms with van der Waals surface area (Å²) in [5.41, 5.74) is -0.150. The van der Waals surface area contributed by atoms with Gasteiger partial charge in [0.15, 0.2) is 5.54 Å². The van der Waals surface area contributed by atoms with Crippen LogP contribution in [0.15, 0.2) is 77.6 Å². The minimum atomic E-state index is -1.95. The lowest BCUT2D eigenvalue weighted by atomic mass is 9.89. The Bertz CT molecular complexity index is 1620. The van der Waals surface area contributed by atoms with Gasteiger partial charge in [-0.2, -0.15) is 0 Å². The molecule has 3 aromatic carbocycles. The average molecular weight is 575 g/mol. The Morgan fingerprint density at radius 1 is 1.00 bits per heavy atom. The third-order valence-electron chi connectivity index (χ3n) is 7.40. The summed E-state index contributed by atoms with van der Waals surface area (Å²) in [6.45, 7) is 4.38. The van der Waals surface area contributed by atoms with E-state index in [4.69, 9.17) is 16.6 Å². The van der Waals surface area contributed by atoms with Crippen molar-refractivity contribution in [2.24, 2.45) is 0 Å². The first kappa shape index (κ1) is 30.0. The van der Waals surface area contributed by atoms with E-state index in [9.17, 15) is 19.5 Å². The molecule has 9 heteroatoms. The quantitative estimate of drug-likeness (QED) is 0.265. The molecule has 0 saturated heterocycles. The van der Waals surface area contributed by atoms with Crippen LogP contribution in [0.4, 0.5) is 0 Å². The third-order valence-corrected chi connectivity index (χ3v) is 7.64. The number of aromatic nitrogens is 2. The second-order valence-electron chi connectivity index (χ2n) is 10.4. The van der Waals surface area contributed by atoms with Gasteiger partial charge in [0.2, 0.25) is 0 Å². The number of hydrogen-bond acceptors (Lipinski definition) is 5. The number of aliphatic carboxylic acids is 1. The normalized spacial score (nSPS) is 12.8. The van der Waals surface area contributed by atoms with Crippen LogP contribution in [0.2, 0.25) is 5.02 Å². The SMILES string of the molecule is CCC(C(=O)O)(c1nc2cc(Cl)ccc2c(=O)n1Cc1ccccc1)N(CCCN(C)C)C(=O)c1ccccc1C. The highest BCUT2D eigenvalue weighted by Gasteiger charge is 2.50. The molecule has 1 unspecified atom stereocenters. The second kappa shape index (κ2) is 12.7. The van der Waals surface area contributed by atoms with Crippen LogP contribution in [0.5, 0.6) is 0 Å². The molecule has 1 N–H and O–H groups in total. The Hall–Kier alpha value is -4.01. The van der Waals surface area contributed by atoms with Gasteiger partial charge in [-0.1, -0.05) is 67.1 Å². The van der Waals surface area contributed by atoms with E-state index in [2.05, 4.69) is 0 Å². The van der Waals surface area contributed by atoms with E-state index in [0.29, 0.717) is 28.9 Å². The van der Waals surface area contributed by atoms with Gasteiger partial charge in [-0.05, 0) is 75.8 Å². The monoisotopic (exact) mass is 574 g/mol. The minimum Gasteiger partial charge on any atom is -0.479 e. The third kappa shape index (κ3) is 6.04. The molecule has 0 saturated carbocycles. The van der Waals surface area contributed by atoms with Crippen LogP contribution in [0, 0.1) is 6.92 Å². The molecule has 1 heterocycles. The molecule has 8 nitrogen and oxygen atoms in total. The van der Waals surface area contributed by atoms with Crippen molar-refractivity contribution in [3.05, 3.63) is 111 Å². The number of carboxylic acids is 1. The van der Waals surface area contributed by atoms with Crippen LogP contribution in [-0.4, -0.2) is 63.5 Å². The molecule has 0 fully saturated rings. The van der Waals surface area contributed by atoms with E-state index in [0.717, 1.165) is 11.1 Å². The highest BCUT2D eigenvalue weighted by molar-refractivity contribution is 6.31. The summed E-state index contributed by atoms with van der Waals surface area (Å²) in [7, 11) is 3.84. The van der Waals surface area contributed by atoms with Crippen LogP contribution in [-0.2, 0) is 16.9 Å². The highest BCUT2D eigenvalue weighted by atomic mass is 35.5. The molecule has 1 atom stereocenters. The van der Waals surface area contributed by atoms with Gasteiger partial charge < -0.3 is 14.9 Å². The fraction of sp³-hybridized carbons (Fsp3) is 0.312. The first-order chi connectivity index (χ1) is 19.6. The summed E-state index contributed by atoms with van der Waals surface area (Å²) in [6.07, 6.45) is 0.497.